The first-order valence-corrected chi connectivity index (χ1v) is 7.34. The van der Waals surface area contributed by atoms with E-state index in [9.17, 15) is 8.78 Å². The van der Waals surface area contributed by atoms with E-state index in [1.54, 1.807) is 10.9 Å². The molecule has 0 amide bonds. The zero-order chi connectivity index (χ0) is 16.0. The average molecular weight is 319 g/mol. The molecule has 0 radical (unpaired) electrons. The number of anilines is 1. The Morgan fingerprint density at radius 3 is 2.87 bits per heavy atom. The Bertz CT molecular complexity index is 837. The lowest BCUT2D eigenvalue weighted by atomic mass is 10.3. The van der Waals surface area contributed by atoms with E-state index in [2.05, 4.69) is 20.1 Å². The third-order valence-electron chi connectivity index (χ3n) is 4.04. The molecule has 1 aliphatic rings. The van der Waals surface area contributed by atoms with E-state index < -0.39 is 6.55 Å². The summed E-state index contributed by atoms with van der Waals surface area (Å²) in [6, 6.07) is 0.288. The van der Waals surface area contributed by atoms with Crippen molar-refractivity contribution in [3.63, 3.8) is 0 Å². The summed E-state index contributed by atoms with van der Waals surface area (Å²) in [5.74, 6) is 1.04. The molecule has 3 heterocycles. The Balaban J connectivity index is 1.74. The number of aromatic nitrogens is 6. The van der Waals surface area contributed by atoms with Gasteiger partial charge in [-0.15, -0.1) is 0 Å². The minimum Gasteiger partial charge on any atom is -0.345 e. The summed E-state index contributed by atoms with van der Waals surface area (Å²) in [5, 5.41) is 5.02. The van der Waals surface area contributed by atoms with Gasteiger partial charge < -0.3 is 4.90 Å². The summed E-state index contributed by atoms with van der Waals surface area (Å²) in [4.78, 5) is 14.7. The van der Waals surface area contributed by atoms with Gasteiger partial charge in [0.2, 0.25) is 0 Å². The molecule has 0 aromatic carbocycles. The Morgan fingerprint density at radius 2 is 2.13 bits per heavy atom. The summed E-state index contributed by atoms with van der Waals surface area (Å²) >= 11 is 0. The van der Waals surface area contributed by atoms with E-state index in [1.807, 2.05) is 11.9 Å². The summed E-state index contributed by atoms with van der Waals surface area (Å²) in [6.07, 6.45) is 7.91. The highest BCUT2D eigenvalue weighted by Gasteiger charge is 2.32. The van der Waals surface area contributed by atoms with Crippen LogP contribution in [0.25, 0.3) is 11.0 Å². The number of alkyl halides is 2. The molecule has 9 heteroatoms. The van der Waals surface area contributed by atoms with Crippen LogP contribution in [0.4, 0.5) is 14.6 Å². The highest BCUT2D eigenvalue weighted by molar-refractivity contribution is 5.86. The molecule has 0 aliphatic heterocycles. The standard InChI is InChI=1S/C14H15F2N7/c1-21-12-10(6-20-21)13(19-8-18-12)23(9-2-3-9)7-11-17-4-5-22(11)14(15)16/h4-6,8-9,14H,2-3,7H2,1H3. The van der Waals surface area contributed by atoms with E-state index >= 15 is 0 Å². The molecular formula is C14H15F2N7. The monoisotopic (exact) mass is 319 g/mol. The van der Waals surface area contributed by atoms with Crippen molar-refractivity contribution < 1.29 is 8.78 Å². The second-order valence-electron chi connectivity index (χ2n) is 5.59. The predicted octanol–water partition coefficient (Wildman–Crippen LogP) is 2.12. The first kappa shape index (κ1) is 14.0. The van der Waals surface area contributed by atoms with E-state index in [0.717, 1.165) is 34.3 Å². The molecule has 0 spiro atoms. The van der Waals surface area contributed by atoms with E-state index in [1.165, 1.54) is 18.7 Å². The zero-order valence-corrected chi connectivity index (χ0v) is 12.5. The molecule has 23 heavy (non-hydrogen) atoms. The van der Waals surface area contributed by atoms with Crippen LogP contribution >= 0.6 is 0 Å². The maximum absolute atomic E-state index is 13.1. The maximum atomic E-state index is 13.1. The molecule has 7 nitrogen and oxygen atoms in total. The average Bonchev–Trinajstić information content (AvgIpc) is 3.15. The quantitative estimate of drug-likeness (QED) is 0.721. The Kier molecular flexibility index (Phi) is 3.21. The van der Waals surface area contributed by atoms with Crippen LogP contribution in [0.1, 0.15) is 25.2 Å². The third-order valence-corrected chi connectivity index (χ3v) is 4.04. The minimum atomic E-state index is -2.60. The van der Waals surface area contributed by atoms with Crippen molar-refractivity contribution in [2.75, 3.05) is 4.90 Å². The van der Waals surface area contributed by atoms with Crippen molar-refractivity contribution in [2.24, 2.45) is 7.05 Å². The molecule has 1 aliphatic carbocycles. The van der Waals surface area contributed by atoms with Crippen molar-refractivity contribution in [1.82, 2.24) is 29.3 Å². The Hall–Kier alpha value is -2.58. The fraction of sp³-hybridized carbons (Fsp3) is 0.429. The van der Waals surface area contributed by atoms with E-state index in [0.29, 0.717) is 5.82 Å². The van der Waals surface area contributed by atoms with Gasteiger partial charge in [-0.3, -0.25) is 9.25 Å². The molecule has 4 rings (SSSR count). The molecule has 1 saturated carbocycles. The van der Waals surface area contributed by atoms with Gasteiger partial charge in [-0.2, -0.15) is 13.9 Å². The summed E-state index contributed by atoms with van der Waals surface area (Å²) < 4.78 is 28.7. The molecule has 3 aromatic heterocycles. The Morgan fingerprint density at radius 1 is 1.30 bits per heavy atom. The lowest BCUT2D eigenvalue weighted by molar-refractivity contribution is 0.0669. The summed E-state index contributed by atoms with van der Waals surface area (Å²) in [5.41, 5.74) is 0.720. The fourth-order valence-electron chi connectivity index (χ4n) is 2.74. The zero-order valence-electron chi connectivity index (χ0n) is 12.5. The van der Waals surface area contributed by atoms with Crippen LogP contribution in [0.5, 0.6) is 0 Å². The highest BCUT2D eigenvalue weighted by Crippen LogP contribution is 2.35. The molecule has 0 atom stereocenters. The van der Waals surface area contributed by atoms with Crippen LogP contribution < -0.4 is 4.90 Å². The molecule has 3 aromatic rings. The largest absolute Gasteiger partial charge is 0.345 e. The SMILES string of the molecule is Cn1ncc2c(N(Cc3nccn3C(F)F)C3CC3)ncnc21. The van der Waals surface area contributed by atoms with Gasteiger partial charge in [0, 0.05) is 25.5 Å². The number of aryl methyl sites for hydroxylation is 1. The number of hydrogen-bond acceptors (Lipinski definition) is 5. The van der Waals surface area contributed by atoms with Gasteiger partial charge in [-0.05, 0) is 12.8 Å². The van der Waals surface area contributed by atoms with Crippen LogP contribution in [0.15, 0.2) is 24.9 Å². The second-order valence-corrected chi connectivity index (χ2v) is 5.59. The van der Waals surface area contributed by atoms with E-state index in [-0.39, 0.29) is 12.6 Å². The van der Waals surface area contributed by atoms with Crippen molar-refractivity contribution in [2.45, 2.75) is 32.0 Å². The van der Waals surface area contributed by atoms with Gasteiger partial charge in [0.25, 0.3) is 0 Å². The first-order chi connectivity index (χ1) is 11.1. The van der Waals surface area contributed by atoms with Crippen LogP contribution in [0.2, 0.25) is 0 Å². The van der Waals surface area contributed by atoms with Crippen molar-refractivity contribution in [1.29, 1.82) is 0 Å². The van der Waals surface area contributed by atoms with Crippen molar-refractivity contribution in [3.05, 3.63) is 30.7 Å². The molecule has 0 unspecified atom stereocenters. The molecule has 0 N–H and O–H groups in total. The Labute approximate surface area is 130 Å². The molecule has 120 valence electrons. The lowest BCUT2D eigenvalue weighted by Crippen LogP contribution is -2.28. The van der Waals surface area contributed by atoms with Crippen LogP contribution in [0.3, 0.4) is 0 Å². The van der Waals surface area contributed by atoms with Crippen LogP contribution in [0, 0.1) is 0 Å². The maximum Gasteiger partial charge on any atom is 0.319 e. The number of imidazole rings is 1. The van der Waals surface area contributed by atoms with Gasteiger partial charge in [0.15, 0.2) is 5.65 Å². The molecule has 1 fully saturated rings. The van der Waals surface area contributed by atoms with Crippen molar-refractivity contribution >= 4 is 16.9 Å². The minimum absolute atomic E-state index is 0.281. The molecule has 0 saturated heterocycles. The summed E-state index contributed by atoms with van der Waals surface area (Å²) in [6.45, 7) is -2.32. The second kappa shape index (κ2) is 5.25. The van der Waals surface area contributed by atoms with Gasteiger partial charge in [-0.25, -0.2) is 15.0 Å². The van der Waals surface area contributed by atoms with Gasteiger partial charge in [0.1, 0.15) is 18.0 Å². The number of fused-ring (bicyclic) bond motifs is 1. The van der Waals surface area contributed by atoms with Crippen LogP contribution in [-0.4, -0.2) is 35.3 Å². The van der Waals surface area contributed by atoms with Crippen LogP contribution in [-0.2, 0) is 13.6 Å². The van der Waals surface area contributed by atoms with Crippen molar-refractivity contribution in [3.8, 4) is 0 Å². The smallest absolute Gasteiger partial charge is 0.319 e. The molecule has 0 bridgehead atoms. The number of rotatable bonds is 5. The van der Waals surface area contributed by atoms with E-state index in [4.69, 9.17) is 0 Å². The fourth-order valence-corrected chi connectivity index (χ4v) is 2.74. The van der Waals surface area contributed by atoms with Gasteiger partial charge in [0.05, 0.1) is 18.1 Å². The normalized spacial score (nSPS) is 14.8. The lowest BCUT2D eigenvalue weighted by Gasteiger charge is -2.23. The molecular weight excluding hydrogens is 304 g/mol. The van der Waals surface area contributed by atoms with Gasteiger partial charge in [-0.1, -0.05) is 0 Å². The topological polar surface area (TPSA) is 64.7 Å². The third kappa shape index (κ3) is 2.41. The predicted molar refractivity (Wildman–Crippen MR) is 79.0 cm³/mol. The number of halogens is 2. The summed E-state index contributed by atoms with van der Waals surface area (Å²) in [7, 11) is 1.81. The number of nitrogens with zero attached hydrogens (tertiary/aromatic N) is 7. The van der Waals surface area contributed by atoms with Gasteiger partial charge >= 0.3 is 6.55 Å². The highest BCUT2D eigenvalue weighted by atomic mass is 19.3. The number of hydrogen-bond donors (Lipinski definition) is 0. The first-order valence-electron chi connectivity index (χ1n) is 7.34.